The lowest BCUT2D eigenvalue weighted by atomic mass is 10.3. The molecule has 1 amide bonds. The lowest BCUT2D eigenvalue weighted by Gasteiger charge is -2.33. The predicted octanol–water partition coefficient (Wildman–Crippen LogP) is 2.59. The Bertz CT molecular complexity index is 1050. The van der Waals surface area contributed by atoms with Crippen molar-refractivity contribution in [2.24, 2.45) is 0 Å². The summed E-state index contributed by atoms with van der Waals surface area (Å²) in [5.41, 5.74) is 1.63. The molecule has 3 aromatic heterocycles. The second-order valence-electron chi connectivity index (χ2n) is 7.78. The largest absolute Gasteiger partial charge is 0.455 e. The zero-order valence-electron chi connectivity index (χ0n) is 18.9. The van der Waals surface area contributed by atoms with Crippen LogP contribution < -0.4 is 10.2 Å². The van der Waals surface area contributed by atoms with Crippen LogP contribution in [0.4, 0.5) is 5.82 Å². The fourth-order valence-corrected chi connectivity index (χ4v) is 4.18. The summed E-state index contributed by atoms with van der Waals surface area (Å²) in [5, 5.41) is 3.48. The molecule has 1 saturated heterocycles. The van der Waals surface area contributed by atoms with E-state index in [-0.39, 0.29) is 11.7 Å². The Morgan fingerprint density at radius 3 is 2.76 bits per heavy atom. The highest BCUT2D eigenvalue weighted by atomic mass is 32.2. The molecule has 0 saturated carbocycles. The number of amides is 1. The molecule has 1 N–H and O–H groups in total. The number of hydrogen-bond donors (Lipinski definition) is 1. The van der Waals surface area contributed by atoms with E-state index in [2.05, 4.69) is 32.1 Å². The Kier molecular flexibility index (Phi) is 7.92. The van der Waals surface area contributed by atoms with Gasteiger partial charge in [0, 0.05) is 45.6 Å². The van der Waals surface area contributed by atoms with E-state index in [9.17, 15) is 4.79 Å². The molecule has 9 nitrogen and oxygen atoms in total. The van der Waals surface area contributed by atoms with Crippen LogP contribution in [0.5, 0.6) is 0 Å². The van der Waals surface area contributed by atoms with Gasteiger partial charge in [0.05, 0.1) is 30.3 Å². The standard InChI is InChI=1S/C23H28N6O3S/c1-28-9-11-29(12-10-28)21-13-18(15-31-2)26-23(27-21)33-16-19-6-7-20(32-19)22(30)25-14-17-5-3-4-8-24-17/h3-8,13H,9-12,14-16H2,1-2H3,(H,25,30). The van der Waals surface area contributed by atoms with E-state index in [4.69, 9.17) is 14.1 Å². The summed E-state index contributed by atoms with van der Waals surface area (Å²) < 4.78 is 11.0. The highest BCUT2D eigenvalue weighted by Crippen LogP contribution is 2.25. The first-order chi connectivity index (χ1) is 16.1. The van der Waals surface area contributed by atoms with Gasteiger partial charge in [0.1, 0.15) is 11.6 Å². The normalized spacial score (nSPS) is 14.4. The number of piperazine rings is 1. The number of nitrogens with zero attached hydrogens (tertiary/aromatic N) is 5. The lowest BCUT2D eigenvalue weighted by Crippen LogP contribution is -2.44. The number of carbonyl (C=O) groups excluding carboxylic acids is 1. The Hall–Kier alpha value is -2.95. The minimum atomic E-state index is -0.271. The highest BCUT2D eigenvalue weighted by Gasteiger charge is 2.18. The number of hydrogen-bond acceptors (Lipinski definition) is 9. The van der Waals surface area contributed by atoms with E-state index in [1.165, 1.54) is 11.8 Å². The van der Waals surface area contributed by atoms with Crippen molar-refractivity contribution in [1.29, 1.82) is 0 Å². The third-order valence-corrected chi connectivity index (χ3v) is 6.12. The van der Waals surface area contributed by atoms with Gasteiger partial charge < -0.3 is 24.3 Å². The fraction of sp³-hybridized carbons (Fsp3) is 0.391. The smallest absolute Gasteiger partial charge is 0.287 e. The molecular weight excluding hydrogens is 440 g/mol. The van der Waals surface area contributed by atoms with Crippen LogP contribution in [0.2, 0.25) is 0 Å². The molecular formula is C23H28N6O3S. The maximum absolute atomic E-state index is 12.4. The van der Waals surface area contributed by atoms with Crippen LogP contribution in [0, 0.1) is 0 Å². The van der Waals surface area contributed by atoms with Crippen molar-refractivity contribution in [2.75, 3.05) is 45.2 Å². The second kappa shape index (κ2) is 11.3. The number of nitrogens with one attached hydrogen (secondary N) is 1. The SMILES string of the molecule is COCc1cc(N2CCN(C)CC2)nc(SCc2ccc(C(=O)NCc3ccccn3)o2)n1. The zero-order chi connectivity index (χ0) is 23.0. The monoisotopic (exact) mass is 468 g/mol. The van der Waals surface area contributed by atoms with Gasteiger partial charge in [-0.2, -0.15) is 0 Å². The van der Waals surface area contributed by atoms with Gasteiger partial charge in [-0.3, -0.25) is 9.78 Å². The molecule has 0 bridgehead atoms. The summed E-state index contributed by atoms with van der Waals surface area (Å²) in [5.74, 6) is 2.12. The molecule has 4 heterocycles. The molecule has 0 aromatic carbocycles. The maximum atomic E-state index is 12.4. The number of likely N-dealkylation sites (N-methyl/N-ethyl adjacent to an activating group) is 1. The van der Waals surface area contributed by atoms with E-state index in [1.54, 1.807) is 19.4 Å². The van der Waals surface area contributed by atoms with Crippen LogP contribution in [0.1, 0.15) is 27.7 Å². The summed E-state index contributed by atoms with van der Waals surface area (Å²) in [6.07, 6.45) is 1.70. The average molecular weight is 469 g/mol. The van der Waals surface area contributed by atoms with E-state index in [0.717, 1.165) is 43.4 Å². The summed E-state index contributed by atoms with van der Waals surface area (Å²) in [6, 6.07) is 11.1. The van der Waals surface area contributed by atoms with Gasteiger partial charge in [0.2, 0.25) is 0 Å². The minimum absolute atomic E-state index is 0.271. The number of rotatable bonds is 9. The molecule has 33 heavy (non-hydrogen) atoms. The van der Waals surface area contributed by atoms with Crippen molar-refractivity contribution in [1.82, 2.24) is 25.2 Å². The summed E-state index contributed by atoms with van der Waals surface area (Å²) in [4.78, 5) is 30.5. The topological polar surface area (TPSA) is 96.6 Å². The van der Waals surface area contributed by atoms with Crippen LogP contribution in [-0.2, 0) is 23.6 Å². The molecule has 0 unspecified atom stereocenters. The first-order valence-corrected chi connectivity index (χ1v) is 11.8. The number of anilines is 1. The van der Waals surface area contributed by atoms with Crippen LogP contribution >= 0.6 is 11.8 Å². The maximum Gasteiger partial charge on any atom is 0.287 e. The minimum Gasteiger partial charge on any atom is -0.455 e. The Morgan fingerprint density at radius 1 is 1.15 bits per heavy atom. The molecule has 10 heteroatoms. The number of thioether (sulfide) groups is 1. The van der Waals surface area contributed by atoms with Gasteiger partial charge >= 0.3 is 0 Å². The van der Waals surface area contributed by atoms with Crippen molar-refractivity contribution < 1.29 is 13.9 Å². The molecule has 3 aromatic rings. The molecule has 1 fully saturated rings. The Balaban J connectivity index is 1.37. The number of carbonyl (C=O) groups is 1. The molecule has 174 valence electrons. The van der Waals surface area contributed by atoms with E-state index in [0.29, 0.717) is 29.8 Å². The van der Waals surface area contributed by atoms with Crippen molar-refractivity contribution in [2.45, 2.75) is 24.1 Å². The van der Waals surface area contributed by atoms with Gasteiger partial charge in [-0.05, 0) is 31.3 Å². The fourth-order valence-electron chi connectivity index (χ4n) is 3.42. The van der Waals surface area contributed by atoms with Gasteiger partial charge in [0.25, 0.3) is 5.91 Å². The van der Waals surface area contributed by atoms with Gasteiger partial charge in [-0.15, -0.1) is 0 Å². The summed E-state index contributed by atoms with van der Waals surface area (Å²) in [7, 11) is 3.79. The number of ether oxygens (including phenoxy) is 1. The molecule has 1 aliphatic heterocycles. The first kappa shape index (κ1) is 23.2. The third-order valence-electron chi connectivity index (χ3n) is 5.25. The van der Waals surface area contributed by atoms with Crippen molar-refractivity contribution in [3.63, 3.8) is 0 Å². The van der Waals surface area contributed by atoms with Crippen LogP contribution in [0.3, 0.4) is 0 Å². The molecule has 1 aliphatic rings. The number of pyridine rings is 1. The van der Waals surface area contributed by atoms with Gasteiger partial charge in [-0.1, -0.05) is 17.8 Å². The van der Waals surface area contributed by atoms with Crippen LogP contribution in [0.25, 0.3) is 0 Å². The number of aromatic nitrogens is 3. The van der Waals surface area contributed by atoms with Crippen LogP contribution in [0.15, 0.2) is 52.2 Å². The number of methoxy groups -OCH3 is 1. The Morgan fingerprint density at radius 2 is 2.00 bits per heavy atom. The first-order valence-electron chi connectivity index (χ1n) is 10.8. The lowest BCUT2D eigenvalue weighted by molar-refractivity contribution is 0.0921. The van der Waals surface area contributed by atoms with Gasteiger partial charge in [-0.25, -0.2) is 9.97 Å². The van der Waals surface area contributed by atoms with Crippen molar-refractivity contribution >= 4 is 23.5 Å². The van der Waals surface area contributed by atoms with Crippen molar-refractivity contribution in [3.8, 4) is 0 Å². The third kappa shape index (κ3) is 6.53. The van der Waals surface area contributed by atoms with Gasteiger partial charge in [0.15, 0.2) is 10.9 Å². The molecule has 0 aliphatic carbocycles. The zero-order valence-corrected chi connectivity index (χ0v) is 19.7. The molecule has 0 radical (unpaired) electrons. The quantitative estimate of drug-likeness (QED) is 0.375. The molecule has 0 spiro atoms. The summed E-state index contributed by atoms with van der Waals surface area (Å²) in [6.45, 7) is 4.64. The number of furan rings is 1. The van der Waals surface area contributed by atoms with E-state index in [1.807, 2.05) is 30.3 Å². The molecule has 0 atom stereocenters. The average Bonchev–Trinajstić information content (AvgIpc) is 3.32. The molecule has 4 rings (SSSR count). The predicted molar refractivity (Wildman–Crippen MR) is 126 cm³/mol. The highest BCUT2D eigenvalue weighted by molar-refractivity contribution is 7.98. The van der Waals surface area contributed by atoms with E-state index < -0.39 is 0 Å². The summed E-state index contributed by atoms with van der Waals surface area (Å²) >= 11 is 1.48. The van der Waals surface area contributed by atoms with E-state index >= 15 is 0 Å². The van der Waals surface area contributed by atoms with Crippen LogP contribution in [-0.4, -0.2) is 66.1 Å². The second-order valence-corrected chi connectivity index (χ2v) is 8.72. The Labute approximate surface area is 197 Å². The van der Waals surface area contributed by atoms with Crippen molar-refractivity contribution in [3.05, 3.63) is 65.5 Å².